The highest BCUT2D eigenvalue weighted by atomic mass is 32.2. The van der Waals surface area contributed by atoms with E-state index in [-0.39, 0.29) is 43.7 Å². The highest BCUT2D eigenvalue weighted by Crippen LogP contribution is 2.33. The van der Waals surface area contributed by atoms with E-state index < -0.39 is 10.0 Å². The van der Waals surface area contributed by atoms with Gasteiger partial charge in [0.15, 0.2) is 5.13 Å². The van der Waals surface area contributed by atoms with Crippen molar-refractivity contribution in [1.82, 2.24) is 14.3 Å². The lowest BCUT2D eigenvalue weighted by Crippen LogP contribution is -2.36. The summed E-state index contributed by atoms with van der Waals surface area (Å²) in [4.78, 5) is 24.5. The minimum atomic E-state index is -3.82. The predicted octanol–water partition coefficient (Wildman–Crippen LogP) is 3.83. The van der Waals surface area contributed by atoms with Crippen molar-refractivity contribution in [1.29, 1.82) is 0 Å². The fourth-order valence-corrected chi connectivity index (χ4v) is 6.23. The number of amides is 1. The highest BCUT2D eigenvalue weighted by molar-refractivity contribution is 7.89. The van der Waals surface area contributed by atoms with Crippen LogP contribution in [0.5, 0.6) is 5.75 Å². The Morgan fingerprint density at radius 3 is 2.28 bits per heavy atom. The number of rotatable bonds is 13. The number of carbonyl (C=O) groups excluding carboxylic acids is 1. The van der Waals surface area contributed by atoms with Crippen LogP contribution in [-0.2, 0) is 26.0 Å². The van der Waals surface area contributed by atoms with Crippen molar-refractivity contribution in [3.05, 3.63) is 78.1 Å². The van der Waals surface area contributed by atoms with E-state index >= 15 is 0 Å². The summed E-state index contributed by atoms with van der Waals surface area (Å²) in [5.41, 5.74) is 1.75. The van der Waals surface area contributed by atoms with Crippen molar-refractivity contribution < 1.29 is 27.4 Å². The van der Waals surface area contributed by atoms with Gasteiger partial charge in [-0.25, -0.2) is 13.4 Å². The van der Waals surface area contributed by atoms with E-state index in [1.807, 2.05) is 30.3 Å². The molecule has 0 aliphatic heterocycles. The maximum Gasteiger partial charge on any atom is 0.260 e. The van der Waals surface area contributed by atoms with Crippen LogP contribution in [0, 0.1) is 0 Å². The number of benzene rings is 2. The smallest absolute Gasteiger partial charge is 0.260 e. The van der Waals surface area contributed by atoms with Crippen molar-refractivity contribution in [2.45, 2.75) is 11.4 Å². The van der Waals surface area contributed by atoms with E-state index in [2.05, 4.69) is 9.97 Å². The molecule has 4 rings (SSSR count). The van der Waals surface area contributed by atoms with Gasteiger partial charge in [-0.15, -0.1) is 0 Å². The van der Waals surface area contributed by atoms with Crippen LogP contribution >= 0.6 is 11.3 Å². The van der Waals surface area contributed by atoms with Gasteiger partial charge in [-0.3, -0.25) is 14.7 Å². The summed E-state index contributed by atoms with van der Waals surface area (Å²) in [5.74, 6) is 0.369. The van der Waals surface area contributed by atoms with Crippen LogP contribution in [0.3, 0.4) is 0 Å². The molecule has 0 saturated heterocycles. The van der Waals surface area contributed by atoms with Crippen LogP contribution in [0.25, 0.3) is 10.2 Å². The molecule has 0 spiro atoms. The number of methoxy groups -OCH3 is 3. The molecule has 0 radical (unpaired) electrons. The highest BCUT2D eigenvalue weighted by Gasteiger charge is 2.26. The zero-order valence-electron chi connectivity index (χ0n) is 21.9. The van der Waals surface area contributed by atoms with Gasteiger partial charge in [0, 0.05) is 39.1 Å². The van der Waals surface area contributed by atoms with Gasteiger partial charge < -0.3 is 14.2 Å². The summed E-state index contributed by atoms with van der Waals surface area (Å²) in [5, 5.41) is 0.496. The summed E-state index contributed by atoms with van der Waals surface area (Å²) < 4.78 is 44.2. The minimum Gasteiger partial charge on any atom is -0.497 e. The maximum atomic E-state index is 13.8. The molecule has 0 atom stereocenters. The van der Waals surface area contributed by atoms with Gasteiger partial charge in [-0.05, 0) is 54.6 Å². The monoisotopic (exact) mass is 570 g/mol. The first-order valence-corrected chi connectivity index (χ1v) is 14.4. The molecule has 2 aromatic heterocycles. The molecule has 0 aliphatic rings. The number of pyridine rings is 1. The molecule has 206 valence electrons. The first-order chi connectivity index (χ1) is 18.9. The molecule has 0 bridgehead atoms. The number of carbonyl (C=O) groups is 1. The Balaban J connectivity index is 1.65. The minimum absolute atomic E-state index is 0.0783. The number of hydrogen-bond acceptors (Lipinski definition) is 9. The molecule has 39 heavy (non-hydrogen) atoms. The molecule has 0 saturated carbocycles. The van der Waals surface area contributed by atoms with Crippen molar-refractivity contribution in [3.8, 4) is 5.75 Å². The van der Waals surface area contributed by atoms with Crippen LogP contribution in [-0.4, -0.2) is 76.2 Å². The average Bonchev–Trinajstić information content (AvgIpc) is 3.39. The molecule has 0 fully saturated rings. The predicted molar refractivity (Wildman–Crippen MR) is 150 cm³/mol. The summed E-state index contributed by atoms with van der Waals surface area (Å²) >= 11 is 1.36. The quantitative estimate of drug-likeness (QED) is 0.239. The number of anilines is 1. The first kappa shape index (κ1) is 28.6. The topological polar surface area (TPSA) is 111 Å². The Bertz CT molecular complexity index is 1490. The van der Waals surface area contributed by atoms with Crippen LogP contribution in [0.4, 0.5) is 5.13 Å². The van der Waals surface area contributed by atoms with E-state index in [0.29, 0.717) is 22.1 Å². The zero-order valence-corrected chi connectivity index (χ0v) is 23.6. The Morgan fingerprint density at radius 1 is 0.949 bits per heavy atom. The van der Waals surface area contributed by atoms with E-state index in [1.165, 1.54) is 54.1 Å². The molecule has 4 aromatic rings. The number of ether oxygens (including phenoxy) is 3. The summed E-state index contributed by atoms with van der Waals surface area (Å²) in [6, 6.07) is 16.9. The van der Waals surface area contributed by atoms with E-state index in [1.54, 1.807) is 24.3 Å². The van der Waals surface area contributed by atoms with E-state index in [4.69, 9.17) is 14.2 Å². The summed E-state index contributed by atoms with van der Waals surface area (Å²) in [6.45, 7) is 1.05. The Kier molecular flexibility index (Phi) is 9.59. The third-order valence-electron chi connectivity index (χ3n) is 5.94. The van der Waals surface area contributed by atoms with Crippen LogP contribution in [0.2, 0.25) is 0 Å². The number of hydrogen-bond donors (Lipinski definition) is 0. The summed E-state index contributed by atoms with van der Waals surface area (Å²) in [7, 11) is 0.807. The molecule has 0 N–H and O–H groups in total. The van der Waals surface area contributed by atoms with Gasteiger partial charge in [0.25, 0.3) is 5.91 Å². The zero-order chi connectivity index (χ0) is 27.8. The van der Waals surface area contributed by atoms with Crippen molar-refractivity contribution >= 4 is 42.6 Å². The fourth-order valence-electron chi connectivity index (χ4n) is 3.83. The lowest BCUT2D eigenvalue weighted by Gasteiger charge is -2.22. The number of fused-ring (bicyclic) bond motifs is 1. The second kappa shape index (κ2) is 13.1. The third kappa shape index (κ3) is 6.78. The normalized spacial score (nSPS) is 11.7. The lowest BCUT2D eigenvalue weighted by molar-refractivity contribution is 0.0984. The number of aromatic nitrogens is 2. The van der Waals surface area contributed by atoms with Gasteiger partial charge >= 0.3 is 0 Å². The van der Waals surface area contributed by atoms with Crippen LogP contribution in [0.15, 0.2) is 71.8 Å². The lowest BCUT2D eigenvalue weighted by atomic mass is 10.2. The molecule has 10 nitrogen and oxygen atoms in total. The van der Waals surface area contributed by atoms with Gasteiger partial charge in [-0.1, -0.05) is 17.4 Å². The van der Waals surface area contributed by atoms with Crippen molar-refractivity contribution in [3.63, 3.8) is 0 Å². The molecular weight excluding hydrogens is 540 g/mol. The standard InChI is InChI=1S/C27H30N4O6S2/c1-35-16-14-30(15-17-36-2)39(33,34)23-10-7-20(8-11-23)26(32)31(19-21-6-4-5-13-28-21)27-29-24-12-9-22(37-3)18-25(24)38-27/h4-13,18H,14-17,19H2,1-3H3. The van der Waals surface area contributed by atoms with E-state index in [0.717, 1.165) is 10.2 Å². The van der Waals surface area contributed by atoms with Crippen molar-refractivity contribution in [2.24, 2.45) is 0 Å². The molecule has 2 aromatic carbocycles. The molecular formula is C27H30N4O6S2. The molecule has 0 unspecified atom stereocenters. The first-order valence-electron chi connectivity index (χ1n) is 12.1. The number of nitrogens with zero attached hydrogens (tertiary/aromatic N) is 4. The molecule has 1 amide bonds. The van der Waals surface area contributed by atoms with Gasteiger partial charge in [-0.2, -0.15) is 4.31 Å². The SMILES string of the molecule is COCCN(CCOC)S(=O)(=O)c1ccc(C(=O)N(Cc2ccccn2)c2nc3ccc(OC)cc3s2)cc1. The molecule has 2 heterocycles. The second-order valence-electron chi connectivity index (χ2n) is 8.46. The Morgan fingerprint density at radius 2 is 1.67 bits per heavy atom. The largest absolute Gasteiger partial charge is 0.497 e. The Hall–Kier alpha value is -3.42. The van der Waals surface area contributed by atoms with Gasteiger partial charge in [0.2, 0.25) is 10.0 Å². The number of sulfonamides is 1. The second-order valence-corrected chi connectivity index (χ2v) is 11.4. The number of thiazole rings is 1. The van der Waals surface area contributed by atoms with Crippen LogP contribution in [0.1, 0.15) is 16.1 Å². The van der Waals surface area contributed by atoms with Crippen LogP contribution < -0.4 is 9.64 Å². The third-order valence-corrected chi connectivity index (χ3v) is 8.89. The Labute approximate surface area is 231 Å². The fraction of sp³-hybridized carbons (Fsp3) is 0.296. The maximum absolute atomic E-state index is 13.8. The van der Waals surface area contributed by atoms with Crippen molar-refractivity contribution in [2.75, 3.05) is 52.5 Å². The molecule has 0 aliphatic carbocycles. The van der Waals surface area contributed by atoms with Gasteiger partial charge in [0.1, 0.15) is 5.75 Å². The van der Waals surface area contributed by atoms with E-state index in [9.17, 15) is 13.2 Å². The van der Waals surface area contributed by atoms with Gasteiger partial charge in [0.05, 0.1) is 47.7 Å². The average molecular weight is 571 g/mol. The molecule has 12 heteroatoms. The summed E-state index contributed by atoms with van der Waals surface area (Å²) in [6.07, 6.45) is 1.67.